The second kappa shape index (κ2) is 17.8. The first-order chi connectivity index (χ1) is 25.4. The molecular formula is C38H43Cl2N7O6. The van der Waals surface area contributed by atoms with E-state index >= 15 is 0 Å². The summed E-state index contributed by atoms with van der Waals surface area (Å²) in [5, 5.41) is 9.52. The van der Waals surface area contributed by atoms with E-state index in [0.29, 0.717) is 66.3 Å². The van der Waals surface area contributed by atoms with Gasteiger partial charge in [-0.25, -0.2) is 9.78 Å². The number of nitrogens with zero attached hydrogens (tertiary/aromatic N) is 4. The number of ether oxygens (including phenoxy) is 3. The van der Waals surface area contributed by atoms with Crippen LogP contribution in [0.2, 0.25) is 10.0 Å². The Kier molecular flexibility index (Phi) is 13.2. The Labute approximate surface area is 318 Å². The van der Waals surface area contributed by atoms with Crippen molar-refractivity contribution in [3.05, 3.63) is 87.8 Å². The summed E-state index contributed by atoms with van der Waals surface area (Å²) in [5.74, 6) is -0.187. The van der Waals surface area contributed by atoms with Crippen molar-refractivity contribution in [3.8, 4) is 28.4 Å². The number of hydrogen-bond donors (Lipinski definition) is 3. The Morgan fingerprint density at radius 3 is 2.51 bits per heavy atom. The minimum absolute atomic E-state index is 0.0458. The van der Waals surface area contributed by atoms with Crippen LogP contribution in [0.5, 0.6) is 5.88 Å². The van der Waals surface area contributed by atoms with Crippen molar-refractivity contribution >= 4 is 46.8 Å². The van der Waals surface area contributed by atoms with Crippen molar-refractivity contribution in [1.29, 1.82) is 0 Å². The second-order valence-electron chi connectivity index (χ2n) is 13.4. The predicted molar refractivity (Wildman–Crippen MR) is 203 cm³/mol. The van der Waals surface area contributed by atoms with E-state index in [4.69, 9.17) is 42.4 Å². The molecule has 4 aromatic rings. The molecule has 13 nitrogen and oxygen atoms in total. The van der Waals surface area contributed by atoms with Crippen molar-refractivity contribution < 1.29 is 28.6 Å². The number of carbonyl (C=O) groups excluding carboxylic acids is 3. The first-order valence-corrected chi connectivity index (χ1v) is 17.8. The number of anilines is 1. The molecule has 1 saturated heterocycles. The summed E-state index contributed by atoms with van der Waals surface area (Å²) in [5.41, 5.74) is 3.38. The molecule has 1 aromatic carbocycles. The van der Waals surface area contributed by atoms with Crippen molar-refractivity contribution in [2.45, 2.75) is 58.3 Å². The van der Waals surface area contributed by atoms with Crippen LogP contribution in [0.4, 0.5) is 10.5 Å². The van der Waals surface area contributed by atoms with Crippen LogP contribution in [0.1, 0.15) is 55.2 Å². The SMILES string of the molecule is COCCNCc1ccc(C(=O)Nc2cccc(-c3nccc(-c4ccc(CN(C[C@@H]5CCC(=O)N5)C(=O)OC(C)(C)C)c(OC)n4)c3Cl)c2Cl)nc1. The van der Waals surface area contributed by atoms with Gasteiger partial charge in [-0.2, -0.15) is 0 Å². The van der Waals surface area contributed by atoms with E-state index in [0.717, 1.165) is 5.56 Å². The maximum atomic E-state index is 13.2. The zero-order valence-electron chi connectivity index (χ0n) is 30.3. The first-order valence-electron chi connectivity index (χ1n) is 17.1. The third kappa shape index (κ3) is 10.4. The second-order valence-corrected chi connectivity index (χ2v) is 14.1. The molecule has 4 heterocycles. The monoisotopic (exact) mass is 763 g/mol. The Bertz CT molecular complexity index is 1940. The van der Waals surface area contributed by atoms with Crippen molar-refractivity contribution in [2.24, 2.45) is 0 Å². The molecule has 3 aromatic heterocycles. The van der Waals surface area contributed by atoms with E-state index in [2.05, 4.69) is 25.9 Å². The molecule has 0 unspecified atom stereocenters. The highest BCUT2D eigenvalue weighted by Crippen LogP contribution is 2.40. The van der Waals surface area contributed by atoms with E-state index < -0.39 is 17.6 Å². The van der Waals surface area contributed by atoms with Gasteiger partial charge >= 0.3 is 6.09 Å². The number of carbonyl (C=O) groups is 3. The van der Waals surface area contributed by atoms with Gasteiger partial charge in [-0.05, 0) is 63.1 Å². The molecule has 1 fully saturated rings. The summed E-state index contributed by atoms with van der Waals surface area (Å²) in [4.78, 5) is 53.3. The largest absolute Gasteiger partial charge is 0.481 e. The summed E-state index contributed by atoms with van der Waals surface area (Å²) in [6.07, 6.45) is 3.75. The lowest BCUT2D eigenvalue weighted by Gasteiger charge is -2.29. The molecule has 0 spiro atoms. The summed E-state index contributed by atoms with van der Waals surface area (Å²) < 4.78 is 16.4. The molecule has 5 rings (SSSR count). The molecule has 1 aliphatic rings. The molecule has 0 saturated carbocycles. The van der Waals surface area contributed by atoms with Crippen LogP contribution in [-0.4, -0.2) is 83.3 Å². The molecule has 1 aliphatic heterocycles. The van der Waals surface area contributed by atoms with Crippen molar-refractivity contribution in [1.82, 2.24) is 30.5 Å². The highest BCUT2D eigenvalue weighted by molar-refractivity contribution is 6.39. The summed E-state index contributed by atoms with van der Waals surface area (Å²) in [7, 11) is 3.14. The Morgan fingerprint density at radius 1 is 1.02 bits per heavy atom. The van der Waals surface area contributed by atoms with Gasteiger partial charge in [-0.3, -0.25) is 19.6 Å². The predicted octanol–water partition coefficient (Wildman–Crippen LogP) is 6.53. The minimum Gasteiger partial charge on any atom is -0.481 e. The topological polar surface area (TPSA) is 157 Å². The van der Waals surface area contributed by atoms with Crippen LogP contribution < -0.4 is 20.7 Å². The van der Waals surface area contributed by atoms with Gasteiger partial charge in [0.25, 0.3) is 5.91 Å². The van der Waals surface area contributed by atoms with Gasteiger partial charge in [0.2, 0.25) is 11.8 Å². The van der Waals surface area contributed by atoms with Crippen LogP contribution in [0, 0.1) is 0 Å². The quantitative estimate of drug-likeness (QED) is 0.121. The third-order valence-electron chi connectivity index (χ3n) is 8.21. The standard InChI is InChI=1S/C38H43Cl2N7O6/c1-38(2,3)53-37(50)47(22-25-11-14-31(48)44-25)21-24-10-13-28(46-36(24)52-5)26-15-16-42-34(33(26)40)27-7-6-8-29(32(27)39)45-35(49)30-12-9-23(20-43-30)19-41-17-18-51-4/h6-10,12-13,15-16,20,25,41H,11,14,17-19,21-22H2,1-5H3,(H,44,48)(H,45,49)/t25-/m0/s1. The lowest BCUT2D eigenvalue weighted by atomic mass is 10.1. The van der Waals surface area contributed by atoms with E-state index in [-0.39, 0.29) is 46.7 Å². The zero-order valence-corrected chi connectivity index (χ0v) is 31.8. The molecular weight excluding hydrogens is 721 g/mol. The van der Waals surface area contributed by atoms with Gasteiger partial charge in [0.05, 0.1) is 47.4 Å². The Hall–Kier alpha value is -4.82. The molecule has 0 bridgehead atoms. The van der Waals surface area contributed by atoms with Crippen LogP contribution in [0.3, 0.4) is 0 Å². The highest BCUT2D eigenvalue weighted by Gasteiger charge is 2.29. The molecule has 53 heavy (non-hydrogen) atoms. The van der Waals surface area contributed by atoms with Gasteiger partial charge in [0.1, 0.15) is 11.3 Å². The Balaban J connectivity index is 1.35. The molecule has 0 aliphatic carbocycles. The number of methoxy groups -OCH3 is 2. The fourth-order valence-electron chi connectivity index (χ4n) is 5.63. The fraction of sp³-hybridized carbons (Fsp3) is 0.368. The van der Waals surface area contributed by atoms with E-state index in [1.54, 1.807) is 81.6 Å². The molecule has 0 radical (unpaired) electrons. The van der Waals surface area contributed by atoms with Crippen LogP contribution in [0.25, 0.3) is 22.5 Å². The van der Waals surface area contributed by atoms with Gasteiger partial charge in [0, 0.05) is 68.3 Å². The number of rotatable bonds is 14. The molecule has 1 atom stereocenters. The molecule has 3 amide bonds. The van der Waals surface area contributed by atoms with Crippen LogP contribution >= 0.6 is 23.2 Å². The number of nitrogens with one attached hydrogen (secondary N) is 3. The number of aromatic nitrogens is 3. The van der Waals surface area contributed by atoms with Crippen molar-refractivity contribution in [3.63, 3.8) is 0 Å². The lowest BCUT2D eigenvalue weighted by molar-refractivity contribution is -0.119. The number of benzene rings is 1. The fourth-order valence-corrected chi connectivity index (χ4v) is 6.20. The summed E-state index contributed by atoms with van der Waals surface area (Å²) in [6.45, 7) is 7.69. The average Bonchev–Trinajstić information content (AvgIpc) is 3.54. The number of amides is 3. The highest BCUT2D eigenvalue weighted by atomic mass is 35.5. The third-order valence-corrected chi connectivity index (χ3v) is 9.00. The summed E-state index contributed by atoms with van der Waals surface area (Å²) >= 11 is 13.8. The first kappa shape index (κ1) is 39.4. The van der Waals surface area contributed by atoms with Gasteiger partial charge < -0.3 is 35.1 Å². The Morgan fingerprint density at radius 2 is 1.83 bits per heavy atom. The molecule has 3 N–H and O–H groups in total. The summed E-state index contributed by atoms with van der Waals surface area (Å²) in [6, 6.07) is 13.8. The number of pyridine rings is 3. The molecule has 280 valence electrons. The number of halogens is 2. The minimum atomic E-state index is -0.712. The van der Waals surface area contributed by atoms with Crippen molar-refractivity contribution in [2.75, 3.05) is 39.2 Å². The zero-order chi connectivity index (χ0) is 38.1. The maximum absolute atomic E-state index is 13.2. The average molecular weight is 765 g/mol. The molecule has 15 heteroatoms. The van der Waals surface area contributed by atoms with Gasteiger partial charge in [-0.15, -0.1) is 0 Å². The normalized spacial score (nSPS) is 14.1. The number of hydrogen-bond acceptors (Lipinski definition) is 10. The van der Waals surface area contributed by atoms with Crippen LogP contribution in [-0.2, 0) is 27.4 Å². The maximum Gasteiger partial charge on any atom is 0.410 e. The van der Waals surface area contributed by atoms with Crippen LogP contribution in [0.15, 0.2) is 60.9 Å². The lowest BCUT2D eigenvalue weighted by Crippen LogP contribution is -2.43. The van der Waals surface area contributed by atoms with E-state index in [9.17, 15) is 14.4 Å². The smallest absolute Gasteiger partial charge is 0.410 e. The van der Waals surface area contributed by atoms with E-state index in [1.807, 2.05) is 12.1 Å². The van der Waals surface area contributed by atoms with E-state index in [1.165, 1.54) is 7.11 Å². The van der Waals surface area contributed by atoms with Gasteiger partial charge in [0.15, 0.2) is 0 Å². The van der Waals surface area contributed by atoms with Gasteiger partial charge in [-0.1, -0.05) is 41.4 Å².